The van der Waals surface area contributed by atoms with Gasteiger partial charge in [0.05, 0.1) is 6.04 Å². The number of likely N-dealkylation sites (N-methyl/N-ethyl adjacent to an activating group) is 1. The van der Waals surface area contributed by atoms with E-state index >= 15 is 0 Å². The number of hydrogen-bond donors (Lipinski definition) is 1. The number of nitrogens with two attached hydrogens (primary N) is 1. The summed E-state index contributed by atoms with van der Waals surface area (Å²) in [5.41, 5.74) is 5.84. The molecule has 0 saturated carbocycles. The molecule has 0 aliphatic carbocycles. The van der Waals surface area contributed by atoms with E-state index in [1.54, 1.807) is 11.3 Å². The van der Waals surface area contributed by atoms with Gasteiger partial charge in [-0.2, -0.15) is 0 Å². The highest BCUT2D eigenvalue weighted by molar-refractivity contribution is 7.10. The molecule has 1 rings (SSSR count). The molecule has 0 spiro atoms. The summed E-state index contributed by atoms with van der Waals surface area (Å²) in [5, 5.41) is 2.12. The van der Waals surface area contributed by atoms with E-state index in [1.165, 1.54) is 4.88 Å². The molecule has 80 valence electrons. The molecule has 14 heavy (non-hydrogen) atoms. The zero-order valence-electron chi connectivity index (χ0n) is 9.23. The van der Waals surface area contributed by atoms with Crippen molar-refractivity contribution in [3.63, 3.8) is 0 Å². The van der Waals surface area contributed by atoms with E-state index in [0.29, 0.717) is 18.6 Å². The molecular formula is C11H20N2S. The van der Waals surface area contributed by atoms with Gasteiger partial charge in [0.15, 0.2) is 0 Å². The Morgan fingerprint density at radius 1 is 1.50 bits per heavy atom. The highest BCUT2D eigenvalue weighted by Crippen LogP contribution is 2.25. The van der Waals surface area contributed by atoms with Gasteiger partial charge in [0.2, 0.25) is 0 Å². The lowest BCUT2D eigenvalue weighted by molar-refractivity contribution is 0.169. The Morgan fingerprint density at radius 3 is 2.57 bits per heavy atom. The van der Waals surface area contributed by atoms with Crippen LogP contribution in [-0.2, 0) is 0 Å². The monoisotopic (exact) mass is 212 g/mol. The van der Waals surface area contributed by atoms with E-state index in [-0.39, 0.29) is 0 Å². The number of thiophene rings is 1. The SMILES string of the molecule is CCN(C(C)C)C(CN)c1cccs1. The Morgan fingerprint density at radius 2 is 2.21 bits per heavy atom. The lowest BCUT2D eigenvalue weighted by Crippen LogP contribution is -2.38. The van der Waals surface area contributed by atoms with Crippen LogP contribution in [-0.4, -0.2) is 24.0 Å². The molecule has 1 unspecified atom stereocenters. The van der Waals surface area contributed by atoms with E-state index in [0.717, 1.165) is 6.54 Å². The van der Waals surface area contributed by atoms with Crippen molar-refractivity contribution in [2.45, 2.75) is 32.9 Å². The van der Waals surface area contributed by atoms with Gasteiger partial charge in [-0.25, -0.2) is 0 Å². The van der Waals surface area contributed by atoms with E-state index in [4.69, 9.17) is 5.73 Å². The van der Waals surface area contributed by atoms with Gasteiger partial charge in [0.1, 0.15) is 0 Å². The summed E-state index contributed by atoms with van der Waals surface area (Å²) in [7, 11) is 0. The molecular weight excluding hydrogens is 192 g/mol. The predicted molar refractivity (Wildman–Crippen MR) is 63.6 cm³/mol. The minimum atomic E-state index is 0.389. The van der Waals surface area contributed by atoms with Crippen molar-refractivity contribution < 1.29 is 0 Å². The molecule has 1 aromatic heterocycles. The number of nitrogens with zero attached hydrogens (tertiary/aromatic N) is 1. The van der Waals surface area contributed by atoms with Gasteiger partial charge >= 0.3 is 0 Å². The fourth-order valence-corrected chi connectivity index (χ4v) is 2.70. The summed E-state index contributed by atoms with van der Waals surface area (Å²) >= 11 is 1.80. The van der Waals surface area contributed by atoms with Crippen LogP contribution >= 0.6 is 11.3 Å². The van der Waals surface area contributed by atoms with Gasteiger partial charge in [-0.3, -0.25) is 4.90 Å². The minimum Gasteiger partial charge on any atom is -0.329 e. The summed E-state index contributed by atoms with van der Waals surface area (Å²) in [4.78, 5) is 3.81. The average Bonchev–Trinajstić information content (AvgIpc) is 2.65. The van der Waals surface area contributed by atoms with Gasteiger partial charge in [-0.05, 0) is 31.8 Å². The standard InChI is InChI=1S/C11H20N2S/c1-4-13(9(2)3)10(8-12)11-6-5-7-14-11/h5-7,9-10H,4,8,12H2,1-3H3. The highest BCUT2D eigenvalue weighted by Gasteiger charge is 2.20. The number of rotatable bonds is 5. The molecule has 0 radical (unpaired) electrons. The van der Waals surface area contributed by atoms with Crippen molar-refractivity contribution in [2.24, 2.45) is 5.73 Å². The van der Waals surface area contributed by atoms with Crippen LogP contribution in [0.5, 0.6) is 0 Å². The van der Waals surface area contributed by atoms with Crippen LogP contribution in [0.3, 0.4) is 0 Å². The molecule has 2 nitrogen and oxygen atoms in total. The van der Waals surface area contributed by atoms with Crippen molar-refractivity contribution in [1.82, 2.24) is 4.90 Å². The fourth-order valence-electron chi connectivity index (χ4n) is 1.84. The van der Waals surface area contributed by atoms with Crippen LogP contribution in [0.25, 0.3) is 0 Å². The Labute approximate surface area is 90.7 Å². The Balaban J connectivity index is 2.79. The zero-order chi connectivity index (χ0) is 10.6. The van der Waals surface area contributed by atoms with Gasteiger partial charge in [0.25, 0.3) is 0 Å². The number of hydrogen-bond acceptors (Lipinski definition) is 3. The van der Waals surface area contributed by atoms with E-state index < -0.39 is 0 Å². The molecule has 0 aromatic carbocycles. The minimum absolute atomic E-state index is 0.389. The summed E-state index contributed by atoms with van der Waals surface area (Å²) < 4.78 is 0. The van der Waals surface area contributed by atoms with E-state index in [2.05, 4.69) is 43.2 Å². The van der Waals surface area contributed by atoms with Gasteiger partial charge < -0.3 is 5.73 Å². The molecule has 2 N–H and O–H groups in total. The second kappa shape index (κ2) is 5.49. The van der Waals surface area contributed by atoms with Crippen LogP contribution in [0, 0.1) is 0 Å². The first-order valence-electron chi connectivity index (χ1n) is 5.19. The first kappa shape index (κ1) is 11.7. The lowest BCUT2D eigenvalue weighted by atomic mass is 10.1. The second-order valence-electron chi connectivity index (χ2n) is 3.69. The smallest absolute Gasteiger partial charge is 0.0566 e. The molecule has 0 fully saturated rings. The first-order valence-corrected chi connectivity index (χ1v) is 6.07. The van der Waals surface area contributed by atoms with Gasteiger partial charge in [-0.15, -0.1) is 11.3 Å². The molecule has 0 bridgehead atoms. The quantitative estimate of drug-likeness (QED) is 0.812. The van der Waals surface area contributed by atoms with Crippen molar-refractivity contribution in [2.75, 3.05) is 13.1 Å². The maximum absolute atomic E-state index is 5.84. The normalized spacial score (nSPS) is 13.9. The third-order valence-electron chi connectivity index (χ3n) is 2.52. The van der Waals surface area contributed by atoms with Crippen LogP contribution in [0.15, 0.2) is 17.5 Å². The maximum Gasteiger partial charge on any atom is 0.0566 e. The Bertz CT molecular complexity index is 244. The topological polar surface area (TPSA) is 29.3 Å². The third kappa shape index (κ3) is 2.56. The van der Waals surface area contributed by atoms with Crippen LogP contribution in [0.2, 0.25) is 0 Å². The third-order valence-corrected chi connectivity index (χ3v) is 3.50. The van der Waals surface area contributed by atoms with E-state index in [1.807, 2.05) is 0 Å². The van der Waals surface area contributed by atoms with Crippen molar-refractivity contribution in [3.8, 4) is 0 Å². The van der Waals surface area contributed by atoms with E-state index in [9.17, 15) is 0 Å². The fraction of sp³-hybridized carbons (Fsp3) is 0.636. The maximum atomic E-state index is 5.84. The molecule has 0 aliphatic heterocycles. The summed E-state index contributed by atoms with van der Waals surface area (Å²) in [5.74, 6) is 0. The van der Waals surface area contributed by atoms with Gasteiger partial charge in [-0.1, -0.05) is 13.0 Å². The molecule has 1 aromatic rings. The van der Waals surface area contributed by atoms with Crippen LogP contribution in [0.1, 0.15) is 31.7 Å². The Hall–Kier alpha value is -0.380. The lowest BCUT2D eigenvalue weighted by Gasteiger charge is -2.32. The average molecular weight is 212 g/mol. The molecule has 3 heteroatoms. The molecule has 0 aliphatic rings. The predicted octanol–water partition coefficient (Wildman–Crippen LogP) is 2.48. The van der Waals surface area contributed by atoms with Crippen molar-refractivity contribution >= 4 is 11.3 Å². The van der Waals surface area contributed by atoms with Crippen molar-refractivity contribution in [3.05, 3.63) is 22.4 Å². The van der Waals surface area contributed by atoms with Crippen LogP contribution in [0.4, 0.5) is 0 Å². The van der Waals surface area contributed by atoms with Crippen LogP contribution < -0.4 is 5.73 Å². The molecule has 1 heterocycles. The van der Waals surface area contributed by atoms with Crippen molar-refractivity contribution in [1.29, 1.82) is 0 Å². The second-order valence-corrected chi connectivity index (χ2v) is 4.67. The summed E-state index contributed by atoms with van der Waals surface area (Å²) in [6.07, 6.45) is 0. The summed E-state index contributed by atoms with van der Waals surface area (Å²) in [6.45, 7) is 8.39. The molecule has 0 amide bonds. The Kier molecular flexibility index (Phi) is 4.58. The highest BCUT2D eigenvalue weighted by atomic mass is 32.1. The van der Waals surface area contributed by atoms with Gasteiger partial charge in [0, 0.05) is 17.5 Å². The molecule has 1 atom stereocenters. The zero-order valence-corrected chi connectivity index (χ0v) is 10.1. The molecule has 0 saturated heterocycles. The summed E-state index contributed by atoms with van der Waals surface area (Å²) in [6, 6.07) is 5.21. The first-order chi connectivity index (χ1) is 6.70. The largest absolute Gasteiger partial charge is 0.329 e.